The van der Waals surface area contributed by atoms with Gasteiger partial charge in [-0.25, -0.2) is 8.42 Å². The predicted octanol–water partition coefficient (Wildman–Crippen LogP) is 4.19. The van der Waals surface area contributed by atoms with E-state index in [1.54, 1.807) is 16.2 Å². The Hall–Kier alpha value is -1.27. The normalized spacial score (nSPS) is 16.1. The van der Waals surface area contributed by atoms with Crippen molar-refractivity contribution in [1.29, 1.82) is 0 Å². The minimum absolute atomic E-state index is 0.0215. The first kappa shape index (κ1) is 23.4. The van der Waals surface area contributed by atoms with Crippen molar-refractivity contribution in [2.45, 2.75) is 16.8 Å². The molecule has 30 heavy (non-hydrogen) atoms. The molecule has 0 N–H and O–H groups in total. The number of hydrogen-bond acceptors (Lipinski definition) is 5. The summed E-state index contributed by atoms with van der Waals surface area (Å²) in [6.45, 7) is 0.427. The number of thioether (sulfide) groups is 1. The van der Waals surface area contributed by atoms with Crippen molar-refractivity contribution in [3.05, 3.63) is 51.2 Å². The number of sulfonamides is 1. The third-order valence-corrected chi connectivity index (χ3v) is 8.77. The third-order valence-electron chi connectivity index (χ3n) is 4.52. The smallest absolute Gasteiger partial charge is 0.339 e. The van der Waals surface area contributed by atoms with Crippen LogP contribution in [0.5, 0.6) is 0 Å². The zero-order valence-corrected chi connectivity index (χ0v) is 18.8. The fourth-order valence-corrected chi connectivity index (χ4v) is 6.38. The van der Waals surface area contributed by atoms with Crippen LogP contribution in [0.15, 0.2) is 40.6 Å². The molecule has 0 unspecified atom stereocenters. The number of thiophene rings is 1. The number of halogens is 4. The molecule has 1 amide bonds. The van der Waals surface area contributed by atoms with E-state index in [-0.39, 0.29) is 37.8 Å². The first-order chi connectivity index (χ1) is 14.1. The maximum Gasteiger partial charge on any atom is 0.417 e. The molecule has 3 rings (SSSR count). The van der Waals surface area contributed by atoms with E-state index in [0.29, 0.717) is 6.07 Å². The second-order valence-electron chi connectivity index (χ2n) is 6.50. The Kier molecular flexibility index (Phi) is 7.39. The van der Waals surface area contributed by atoms with Gasteiger partial charge in [-0.1, -0.05) is 17.7 Å². The summed E-state index contributed by atoms with van der Waals surface area (Å²) in [6, 6.07) is 6.48. The summed E-state index contributed by atoms with van der Waals surface area (Å²) in [6.07, 6.45) is -4.76. The lowest BCUT2D eigenvalue weighted by Gasteiger charge is -2.34. The van der Waals surface area contributed by atoms with Crippen LogP contribution in [0.3, 0.4) is 0 Å². The van der Waals surface area contributed by atoms with Crippen LogP contribution in [-0.4, -0.2) is 55.5 Å². The molecule has 1 aliphatic rings. The molecule has 1 aromatic carbocycles. The molecular formula is C18H18ClF3N2O3S3. The molecule has 0 atom stereocenters. The Morgan fingerprint density at radius 1 is 1.17 bits per heavy atom. The largest absolute Gasteiger partial charge is 0.417 e. The van der Waals surface area contributed by atoms with Crippen molar-refractivity contribution < 1.29 is 26.4 Å². The third kappa shape index (κ3) is 5.50. The zero-order chi connectivity index (χ0) is 21.9. The van der Waals surface area contributed by atoms with Crippen LogP contribution in [0.25, 0.3) is 0 Å². The van der Waals surface area contributed by atoms with Gasteiger partial charge in [0.25, 0.3) is 0 Å². The van der Waals surface area contributed by atoms with Crippen molar-refractivity contribution in [2.24, 2.45) is 0 Å². The summed E-state index contributed by atoms with van der Waals surface area (Å²) < 4.78 is 65.8. The van der Waals surface area contributed by atoms with Gasteiger partial charge in [0.1, 0.15) is 0 Å². The molecule has 5 nitrogen and oxygen atoms in total. The number of rotatable bonds is 6. The number of amides is 1. The van der Waals surface area contributed by atoms with Gasteiger partial charge in [0.05, 0.1) is 21.2 Å². The number of carbonyl (C=O) groups is 1. The molecule has 12 heteroatoms. The van der Waals surface area contributed by atoms with Crippen molar-refractivity contribution in [2.75, 3.05) is 31.9 Å². The van der Waals surface area contributed by atoms with Crippen LogP contribution in [0.1, 0.15) is 10.4 Å². The predicted molar refractivity (Wildman–Crippen MR) is 112 cm³/mol. The number of alkyl halides is 3. The maximum absolute atomic E-state index is 13.1. The molecule has 0 spiro atoms. The lowest BCUT2D eigenvalue weighted by Crippen LogP contribution is -2.51. The Morgan fingerprint density at radius 2 is 1.87 bits per heavy atom. The molecule has 0 bridgehead atoms. The van der Waals surface area contributed by atoms with Gasteiger partial charge in [0.2, 0.25) is 15.9 Å². The van der Waals surface area contributed by atoms with Gasteiger partial charge in [-0.15, -0.1) is 23.1 Å². The van der Waals surface area contributed by atoms with Gasteiger partial charge in [0.15, 0.2) is 0 Å². The van der Waals surface area contributed by atoms with Crippen LogP contribution in [0.4, 0.5) is 13.2 Å². The number of nitrogens with zero attached hydrogens (tertiary/aromatic N) is 2. The number of carbonyl (C=O) groups excluding carboxylic acids is 1. The average molecular weight is 499 g/mol. The van der Waals surface area contributed by atoms with Crippen molar-refractivity contribution >= 4 is 50.6 Å². The van der Waals surface area contributed by atoms with E-state index in [1.807, 2.05) is 17.5 Å². The average Bonchev–Trinajstić information content (AvgIpc) is 3.21. The molecule has 0 saturated carbocycles. The molecule has 1 aromatic heterocycles. The summed E-state index contributed by atoms with van der Waals surface area (Å²) in [5.41, 5.74) is -1.19. The van der Waals surface area contributed by atoms with E-state index in [1.165, 1.54) is 16.6 Å². The first-order valence-corrected chi connectivity index (χ1v) is 12.7. The molecule has 1 fully saturated rings. The quantitative estimate of drug-likeness (QED) is 0.599. The molecule has 0 aliphatic carbocycles. The second-order valence-corrected chi connectivity index (χ2v) is 10.9. The lowest BCUT2D eigenvalue weighted by molar-refractivity contribution is -0.137. The summed E-state index contributed by atoms with van der Waals surface area (Å²) >= 11 is 8.68. The molecule has 164 valence electrons. The fourth-order valence-electron chi connectivity index (χ4n) is 2.93. The fraction of sp³-hybridized carbons (Fsp3) is 0.389. The highest BCUT2D eigenvalue weighted by atomic mass is 35.5. The summed E-state index contributed by atoms with van der Waals surface area (Å²) in [5.74, 6) is 0.937. The van der Waals surface area contributed by atoms with Crippen LogP contribution >= 0.6 is 34.7 Å². The Morgan fingerprint density at radius 3 is 2.47 bits per heavy atom. The Balaban J connectivity index is 1.59. The molecular weight excluding hydrogens is 481 g/mol. The summed E-state index contributed by atoms with van der Waals surface area (Å²) in [7, 11) is -4.12. The van der Waals surface area contributed by atoms with Crippen LogP contribution < -0.4 is 0 Å². The topological polar surface area (TPSA) is 57.7 Å². The van der Waals surface area contributed by atoms with E-state index in [0.717, 1.165) is 22.2 Å². The van der Waals surface area contributed by atoms with E-state index in [9.17, 15) is 26.4 Å². The Labute approximate surface area is 185 Å². The van der Waals surface area contributed by atoms with Crippen molar-refractivity contribution in [1.82, 2.24) is 9.21 Å². The molecule has 2 heterocycles. The molecule has 1 aliphatic heterocycles. The van der Waals surface area contributed by atoms with Crippen LogP contribution in [0.2, 0.25) is 5.02 Å². The number of benzene rings is 1. The minimum Gasteiger partial charge on any atom is -0.339 e. The zero-order valence-electron chi connectivity index (χ0n) is 15.6. The van der Waals surface area contributed by atoms with E-state index < -0.39 is 31.7 Å². The molecule has 0 radical (unpaired) electrons. The van der Waals surface area contributed by atoms with Gasteiger partial charge in [-0.2, -0.15) is 17.5 Å². The van der Waals surface area contributed by atoms with Crippen molar-refractivity contribution in [3.8, 4) is 0 Å². The highest BCUT2D eigenvalue weighted by molar-refractivity contribution is 7.99. The first-order valence-electron chi connectivity index (χ1n) is 8.84. The van der Waals surface area contributed by atoms with E-state index in [2.05, 4.69) is 0 Å². The van der Waals surface area contributed by atoms with Gasteiger partial charge in [0, 0.05) is 36.8 Å². The minimum atomic E-state index is -4.76. The van der Waals surface area contributed by atoms with Crippen molar-refractivity contribution in [3.63, 3.8) is 0 Å². The summed E-state index contributed by atoms with van der Waals surface area (Å²) in [5, 5.41) is 1.41. The van der Waals surface area contributed by atoms with Gasteiger partial charge in [-0.3, -0.25) is 4.79 Å². The van der Waals surface area contributed by atoms with E-state index >= 15 is 0 Å². The van der Waals surface area contributed by atoms with Crippen LogP contribution in [0, 0.1) is 0 Å². The number of piperazine rings is 1. The molecule has 1 saturated heterocycles. The van der Waals surface area contributed by atoms with Gasteiger partial charge in [-0.05, 0) is 29.6 Å². The SMILES string of the molecule is O=C(CSCc1cccs1)N1CCN(S(=O)(=O)c2ccc(Cl)c(C(F)(F)F)c2)CC1. The molecule has 2 aromatic rings. The summed E-state index contributed by atoms with van der Waals surface area (Å²) in [4.78, 5) is 14.6. The number of hydrogen-bond donors (Lipinski definition) is 0. The van der Waals surface area contributed by atoms with Gasteiger partial charge < -0.3 is 4.90 Å². The highest BCUT2D eigenvalue weighted by Crippen LogP contribution is 2.36. The van der Waals surface area contributed by atoms with E-state index in [4.69, 9.17) is 11.6 Å². The monoisotopic (exact) mass is 498 g/mol. The standard InChI is InChI=1S/C18H18ClF3N2O3S3/c19-16-4-3-14(10-15(16)18(20,21)22)30(26,27)24-7-5-23(6-8-24)17(25)12-28-11-13-2-1-9-29-13/h1-4,9-10H,5-8,11-12H2. The highest BCUT2D eigenvalue weighted by Gasteiger charge is 2.36. The lowest BCUT2D eigenvalue weighted by atomic mass is 10.2. The van der Waals surface area contributed by atoms with Crippen LogP contribution in [-0.2, 0) is 26.7 Å². The maximum atomic E-state index is 13.1. The second kappa shape index (κ2) is 9.47. The van der Waals surface area contributed by atoms with Gasteiger partial charge >= 0.3 is 6.18 Å². The Bertz CT molecular complexity index is 990.